The third-order valence-corrected chi connectivity index (χ3v) is 36.8. The van der Waals surface area contributed by atoms with Crippen LogP contribution >= 0.6 is 123 Å². The first kappa shape index (κ1) is 93.6. The van der Waals surface area contributed by atoms with E-state index in [2.05, 4.69) is 184 Å². The van der Waals surface area contributed by atoms with Crippen molar-refractivity contribution < 1.29 is 0 Å². The molecular weight excluding hydrogens is 1690 g/mol. The summed E-state index contributed by atoms with van der Waals surface area (Å²) in [5.74, 6) is 0. The molecule has 0 radical (unpaired) electrons. The molecule has 2 nitrogen and oxygen atoms in total. The van der Waals surface area contributed by atoms with Crippen LogP contribution in [0.5, 0.6) is 0 Å². The highest BCUT2D eigenvalue weighted by Crippen LogP contribution is 2.57. The van der Waals surface area contributed by atoms with Crippen LogP contribution in [0.25, 0.3) is 90.1 Å². The van der Waals surface area contributed by atoms with Crippen LogP contribution in [0.4, 0.5) is 0 Å². The van der Waals surface area contributed by atoms with Crippen LogP contribution in [0, 0.1) is 0 Å². The zero-order valence-electron chi connectivity index (χ0n) is 72.9. The van der Waals surface area contributed by atoms with E-state index in [0.717, 1.165) is 30.2 Å². The summed E-state index contributed by atoms with van der Waals surface area (Å²) in [7, 11) is 0. The van der Waals surface area contributed by atoms with E-state index in [1.54, 1.807) is 0 Å². The maximum absolute atomic E-state index is 5.89. The van der Waals surface area contributed by atoms with Gasteiger partial charge in [0.2, 0.25) is 0 Å². The molecule has 1 aliphatic rings. The fourth-order valence-corrected chi connectivity index (χ4v) is 27.8. The Kier molecular flexibility index (Phi) is 40.8. The largest absolute Gasteiger partial charge is 0.240 e. The van der Waals surface area contributed by atoms with E-state index in [1.807, 2.05) is 90.7 Å². The Morgan fingerprint density at radius 1 is 0.250 bits per heavy atom. The fourth-order valence-electron chi connectivity index (χ4n) is 17.7. The second kappa shape index (κ2) is 50.6. The highest BCUT2D eigenvalue weighted by atomic mass is 79.9. The van der Waals surface area contributed by atoms with Gasteiger partial charge in [0.1, 0.15) is 10.0 Å². The molecule has 116 heavy (non-hydrogen) atoms. The van der Waals surface area contributed by atoms with Gasteiger partial charge in [-0.05, 0) is 196 Å². The SMILES string of the molecule is CCCCCCCCCCCCCCc1cc(-c2ccc(Br)s2)sc1-c1nc(CCCCCCCCCCCCCC)c(-c2ccc(-c3ccc(-c4sc(-c5sc(-c6ccc(-c7ccc8c(c7)C(C)(C)C(C)(C)c7cc(Br)ccc7-8)s6)cc5CCCCCCCCCCCCCC)nc4CCCCCCCCCCCCCC)s3)s2)s1. The number of hydrogen-bond acceptors (Lipinski definition) is 10. The lowest BCUT2D eigenvalue weighted by Gasteiger charge is -2.48. The van der Waals surface area contributed by atoms with Crippen molar-refractivity contribution in [2.45, 2.75) is 400 Å². The predicted molar refractivity (Wildman–Crippen MR) is 535 cm³/mol. The number of unbranched alkanes of at least 4 members (excludes halogenated alkanes) is 44. The summed E-state index contributed by atoms with van der Waals surface area (Å²) in [5, 5.41) is 2.47. The predicted octanol–water partition coefficient (Wildman–Crippen LogP) is 40.0. The molecule has 0 N–H and O–H groups in total. The standard InChI is InChI=1S/C104H144Br2N2S8/c1-9-13-17-21-25-29-33-37-41-45-49-53-57-78-74-94(90-66-65-87(109-90)77-61-63-81-82-64-62-80(105)76-84(82)104(7,8)103(5,6)83(81)73-77)113-97(78)101-107-85(59-55-51-47-43-39-35-31-27-23-19-15-11-3)99(115-101)92-69-67-88(110-92)89-68-70-93(111-89)100-86(60-56-52-48-44-40-36-32-28-24-20-16-12-4)108-102(116-100)98-79(75-95(114-98)91-71-72-96(106)112-91)58-54-50-46-42-38-34-30-26-22-18-14-10-2/h61-76H,9-60H2,1-8H3. The second-order valence-electron chi connectivity index (χ2n) is 35.4. The molecule has 8 aromatic heterocycles. The summed E-state index contributed by atoms with van der Waals surface area (Å²) in [6, 6.07) is 38.6. The number of thiophene rings is 6. The highest BCUT2D eigenvalue weighted by Gasteiger charge is 2.46. The van der Waals surface area contributed by atoms with Crippen LogP contribution in [0.3, 0.4) is 0 Å². The van der Waals surface area contributed by atoms with E-state index in [4.69, 9.17) is 9.97 Å². The Labute approximate surface area is 754 Å². The van der Waals surface area contributed by atoms with Gasteiger partial charge in [0, 0.05) is 48.4 Å². The van der Waals surface area contributed by atoms with E-state index >= 15 is 0 Å². The zero-order chi connectivity index (χ0) is 81.2. The van der Waals surface area contributed by atoms with E-state index in [9.17, 15) is 0 Å². The quantitative estimate of drug-likeness (QED) is 0.0355. The molecule has 0 amide bonds. The topological polar surface area (TPSA) is 25.8 Å². The summed E-state index contributed by atoms with van der Waals surface area (Å²) < 4.78 is 2.35. The molecule has 0 atom stereocenters. The van der Waals surface area contributed by atoms with Crippen molar-refractivity contribution in [3.63, 3.8) is 0 Å². The maximum atomic E-state index is 5.89. The van der Waals surface area contributed by atoms with Gasteiger partial charge in [0.05, 0.1) is 34.7 Å². The first-order chi connectivity index (χ1) is 56.8. The number of aryl methyl sites for hydroxylation is 4. The van der Waals surface area contributed by atoms with Crippen molar-refractivity contribution in [1.82, 2.24) is 9.97 Å². The van der Waals surface area contributed by atoms with Gasteiger partial charge in [-0.2, -0.15) is 0 Å². The number of fused-ring (bicyclic) bond motifs is 3. The molecule has 632 valence electrons. The van der Waals surface area contributed by atoms with Crippen LogP contribution in [0.15, 0.2) is 105 Å². The van der Waals surface area contributed by atoms with Crippen LogP contribution in [-0.4, -0.2) is 9.97 Å². The van der Waals surface area contributed by atoms with Gasteiger partial charge in [-0.25, -0.2) is 9.97 Å². The van der Waals surface area contributed by atoms with Gasteiger partial charge in [-0.15, -0.1) is 90.7 Å². The lowest BCUT2D eigenvalue weighted by molar-refractivity contribution is 0.299. The maximum Gasteiger partial charge on any atom is 0.134 e. The molecule has 0 bridgehead atoms. The molecule has 11 rings (SSSR count). The van der Waals surface area contributed by atoms with E-state index < -0.39 is 0 Å². The van der Waals surface area contributed by atoms with Gasteiger partial charge >= 0.3 is 0 Å². The Morgan fingerprint density at radius 2 is 0.543 bits per heavy atom. The highest BCUT2D eigenvalue weighted by molar-refractivity contribution is 9.11. The van der Waals surface area contributed by atoms with Crippen molar-refractivity contribution in [3.05, 3.63) is 139 Å². The molecule has 12 heteroatoms. The van der Waals surface area contributed by atoms with Crippen LogP contribution in [-0.2, 0) is 36.5 Å². The van der Waals surface area contributed by atoms with Gasteiger partial charge in [0.15, 0.2) is 0 Å². The minimum absolute atomic E-state index is 0.0442. The van der Waals surface area contributed by atoms with Crippen molar-refractivity contribution in [2.24, 2.45) is 0 Å². The number of halogens is 2. The molecule has 0 saturated heterocycles. The van der Waals surface area contributed by atoms with Crippen LogP contribution < -0.4 is 0 Å². The molecule has 1 aliphatic carbocycles. The second-order valence-corrected chi connectivity index (χ2v) is 46.1. The monoisotopic (exact) mass is 1830 g/mol. The van der Waals surface area contributed by atoms with Crippen molar-refractivity contribution in [1.29, 1.82) is 0 Å². The number of thiazole rings is 2. The molecule has 2 aromatic carbocycles. The minimum Gasteiger partial charge on any atom is -0.240 e. The lowest BCUT2D eigenvalue weighted by atomic mass is 9.55. The Balaban J connectivity index is 0.860. The Bertz CT molecular complexity index is 4430. The molecule has 0 saturated carbocycles. The molecule has 0 spiro atoms. The number of benzene rings is 2. The third kappa shape index (κ3) is 27.7. The summed E-state index contributed by atoms with van der Waals surface area (Å²) in [4.78, 5) is 29.7. The summed E-state index contributed by atoms with van der Waals surface area (Å²) in [6.07, 6.45) is 69.8. The molecular formula is C104H144Br2N2S8. The first-order valence-electron chi connectivity index (χ1n) is 47.1. The average Bonchev–Trinajstić information content (AvgIpc) is 0.958. The van der Waals surface area contributed by atoms with Gasteiger partial charge in [0.25, 0.3) is 0 Å². The number of rotatable bonds is 60. The molecule has 0 unspecified atom stereocenters. The fraction of sp³-hybridized carbons (Fsp3) is 0.596. The van der Waals surface area contributed by atoms with E-state index in [0.29, 0.717) is 0 Å². The smallest absolute Gasteiger partial charge is 0.134 e. The van der Waals surface area contributed by atoms with Gasteiger partial charge < -0.3 is 0 Å². The molecule has 10 aromatic rings. The van der Waals surface area contributed by atoms with Crippen molar-refractivity contribution in [2.75, 3.05) is 0 Å². The lowest BCUT2D eigenvalue weighted by Crippen LogP contribution is -2.43. The third-order valence-electron chi connectivity index (χ3n) is 25.6. The number of nitrogens with zero attached hydrogens (tertiary/aromatic N) is 2. The Hall–Kier alpha value is -3.14. The molecule has 0 fully saturated rings. The van der Waals surface area contributed by atoms with E-state index in [1.165, 1.54) is 436 Å². The van der Waals surface area contributed by atoms with Gasteiger partial charge in [-0.3, -0.25) is 0 Å². The summed E-state index contributed by atoms with van der Waals surface area (Å²) in [5.41, 5.74) is 12.5. The molecule has 0 aliphatic heterocycles. The molecule has 8 heterocycles. The minimum atomic E-state index is -0.0631. The number of aromatic nitrogens is 2. The van der Waals surface area contributed by atoms with Crippen molar-refractivity contribution in [3.8, 4) is 90.1 Å². The van der Waals surface area contributed by atoms with Crippen molar-refractivity contribution >= 4 is 123 Å². The zero-order valence-corrected chi connectivity index (χ0v) is 82.6. The number of hydrogen-bond donors (Lipinski definition) is 0. The Morgan fingerprint density at radius 3 is 0.905 bits per heavy atom. The summed E-state index contributed by atoms with van der Waals surface area (Å²) in [6.45, 7) is 19.1. The van der Waals surface area contributed by atoms with Crippen LogP contribution in [0.2, 0.25) is 0 Å². The van der Waals surface area contributed by atoms with Crippen LogP contribution in [0.1, 0.15) is 397 Å². The van der Waals surface area contributed by atoms with E-state index in [-0.39, 0.29) is 10.8 Å². The van der Waals surface area contributed by atoms with Gasteiger partial charge in [-0.1, -0.05) is 372 Å². The summed E-state index contributed by atoms with van der Waals surface area (Å²) >= 11 is 23.5. The average molecular weight is 1840 g/mol. The first-order valence-corrected chi connectivity index (χ1v) is 55.2. The normalized spacial score (nSPS) is 13.1.